The fourth-order valence-corrected chi connectivity index (χ4v) is 20.4. The standard InChI is InChI=1S/C24H27N5O.C23H28N6O.C22H27N5O2.C22H29N5O.C20H25N5O/c30-24(28-21-12-13-25-20-9-5-4-8-19(20)21)22-14-23(27-16-26-22)29(15-17-10-11-17)18-6-2-1-3-7-18;1-15-9-20-17(12-26-28-20)10-19(15)27-23(30)21-11-22(25-14-24-21)29(13-16-7-8-16)18-5-3-2-4-6-18;23-21(28)16-8-10-17(11-9-16)26-22(29)19-12-20(25-14-24-19)27(13-15-6-7-15)18-4-2-1-3-5-18;23-13-16-8-10-18(11-9-16)26-22(28)20-12-21(25-15-24-20)27(14-17-6-7-17)19-4-2-1-3-5-19;26-20(24-16-8-10-21-11-9-16)18-12-19(23-14-22-18)25(13-15-6-7-15)17-4-2-1-3-5-17/h4-5,8-9,12-14,16-18H,1-3,6-7,10-11,15H2,(H,25,28,30);9-12,14,16,18H,2-8,13H2,1H3,(H,26,28)(H,27,30);8-12,14-15,18H,1-7,13H2,(H2,23,28)(H,26,29);8-12,15,17,19H,1-7,13-14,23H2,(H,26,28);8-12,14-15,17H,1-7,13H2,(H,21,24,26). The van der Waals surface area contributed by atoms with Gasteiger partial charge in [0, 0.05) is 157 Å². The molecule has 0 unspecified atom stereocenters. The van der Waals surface area contributed by atoms with E-state index in [1.807, 2.05) is 97.9 Å². The smallest absolute Gasteiger partial charge is 0.274 e. The number of aryl methyl sites for hydroxylation is 1. The molecule has 6 amide bonds. The Balaban J connectivity index is 0.000000118. The Labute approximate surface area is 837 Å². The molecule has 10 N–H and O–H groups in total. The van der Waals surface area contributed by atoms with Gasteiger partial charge in [-0.15, -0.1) is 0 Å². The van der Waals surface area contributed by atoms with Crippen LogP contribution in [0, 0.1) is 36.5 Å². The number of aromatic amines is 1. The number of H-pyrrole nitrogens is 1. The maximum atomic E-state index is 13.0. The molecule has 10 saturated carbocycles. The number of carbonyl (C=O) groups excluding carboxylic acids is 6. The van der Waals surface area contributed by atoms with E-state index in [1.165, 1.54) is 256 Å². The fraction of sp³-hybridized carbons (Fsp3) is 0.468. The van der Waals surface area contributed by atoms with Crippen molar-refractivity contribution in [2.75, 3.05) is 83.8 Å². The predicted octanol–water partition coefficient (Wildman–Crippen LogP) is 20.1. The number of nitrogens with two attached hydrogens (primary N) is 2. The highest BCUT2D eigenvalue weighted by atomic mass is 16.2. The summed E-state index contributed by atoms with van der Waals surface area (Å²) in [6.45, 7) is 7.65. The zero-order chi connectivity index (χ0) is 98.2. The van der Waals surface area contributed by atoms with Crippen molar-refractivity contribution in [1.82, 2.24) is 70.0 Å². The van der Waals surface area contributed by atoms with Crippen molar-refractivity contribution in [3.63, 3.8) is 0 Å². The number of primary amides is 1. The SMILES string of the molecule is Cc1cc2[nH]ncc2cc1NC(=O)c1cc(N(CC2CC2)C2CCCCC2)ncn1.NC(=O)c1ccc(NC(=O)c2cc(N(CC3CC3)C3CCCCC3)ncn2)cc1.NCc1ccc(NC(=O)c2cc(N(CC3CC3)C3CCCCC3)ncn2)cc1.O=C(Nc1ccnc2ccccc12)c1cc(N(CC2CC2)C2CCCCC2)ncn1.O=C(Nc1ccncc1)c1cc(N(CC2CC2)C2CCCCC2)ncn1. The van der Waals surface area contributed by atoms with E-state index in [0.717, 1.165) is 141 Å². The molecule has 32 heteroatoms. The number of hydrogen-bond acceptors (Lipinski definition) is 25. The van der Waals surface area contributed by atoms with E-state index < -0.39 is 5.91 Å². The molecule has 746 valence electrons. The third kappa shape index (κ3) is 28.3. The van der Waals surface area contributed by atoms with Gasteiger partial charge in [0.15, 0.2) is 0 Å². The Kier molecular flexibility index (Phi) is 33.8. The van der Waals surface area contributed by atoms with Gasteiger partial charge in [-0.05, 0) is 249 Å². The van der Waals surface area contributed by atoms with Gasteiger partial charge >= 0.3 is 0 Å². The molecule has 4 aromatic carbocycles. The Bertz CT molecular complexity index is 6240. The summed E-state index contributed by atoms with van der Waals surface area (Å²) in [5.74, 6) is 6.57. The maximum Gasteiger partial charge on any atom is 0.274 e. The van der Waals surface area contributed by atoms with Crippen molar-refractivity contribution in [1.29, 1.82) is 0 Å². The molecule has 32 nitrogen and oxygen atoms in total. The molecule has 143 heavy (non-hydrogen) atoms. The van der Waals surface area contributed by atoms with Crippen LogP contribution in [0.2, 0.25) is 0 Å². The van der Waals surface area contributed by atoms with Crippen molar-refractivity contribution < 1.29 is 28.8 Å². The number of fused-ring (bicyclic) bond motifs is 2. The second-order valence-corrected chi connectivity index (χ2v) is 40.6. The van der Waals surface area contributed by atoms with Gasteiger partial charge in [0.2, 0.25) is 5.91 Å². The molecule has 10 aliphatic rings. The van der Waals surface area contributed by atoms with Crippen molar-refractivity contribution in [2.24, 2.45) is 41.1 Å². The Morgan fingerprint density at radius 1 is 0.336 bits per heavy atom. The summed E-state index contributed by atoms with van der Waals surface area (Å²) in [6.07, 6.45) is 58.8. The summed E-state index contributed by atoms with van der Waals surface area (Å²) in [7, 11) is 0. The van der Waals surface area contributed by atoms with E-state index in [4.69, 9.17) is 11.5 Å². The van der Waals surface area contributed by atoms with Crippen LogP contribution < -0.4 is 62.6 Å². The monoisotopic (exact) mass is 1930 g/mol. The molecule has 0 bridgehead atoms. The zero-order valence-corrected chi connectivity index (χ0v) is 82.3. The number of nitrogens with zero attached hydrogens (tertiary/aromatic N) is 18. The highest BCUT2D eigenvalue weighted by Crippen LogP contribution is 2.42. The summed E-state index contributed by atoms with van der Waals surface area (Å²) in [4.78, 5) is 139. The normalized spacial score (nSPS) is 17.2. The second kappa shape index (κ2) is 48.7. The first-order valence-electron chi connectivity index (χ1n) is 52.4. The molecule has 0 atom stereocenters. The number of para-hydroxylation sites is 1. The van der Waals surface area contributed by atoms with Crippen LogP contribution in [0.15, 0.2) is 190 Å². The van der Waals surface area contributed by atoms with E-state index in [2.05, 4.69) is 121 Å². The minimum Gasteiger partial charge on any atom is -0.366 e. The minimum absolute atomic E-state index is 0.209. The first-order valence-corrected chi connectivity index (χ1v) is 52.4. The van der Waals surface area contributed by atoms with Gasteiger partial charge in [0.25, 0.3) is 29.5 Å². The summed E-state index contributed by atoms with van der Waals surface area (Å²) >= 11 is 0. The topological polar surface area (TPSA) is 414 Å². The second-order valence-electron chi connectivity index (χ2n) is 40.6. The molecule has 0 aliphatic heterocycles. The number of amides is 6. The fourth-order valence-electron chi connectivity index (χ4n) is 20.4. The van der Waals surface area contributed by atoms with E-state index >= 15 is 0 Å². The number of anilines is 10. The average molecular weight is 1930 g/mol. The molecule has 10 fully saturated rings. The van der Waals surface area contributed by atoms with Crippen molar-refractivity contribution in [3.8, 4) is 0 Å². The molecule has 12 aromatic rings. The third-order valence-electron chi connectivity index (χ3n) is 29.5. The van der Waals surface area contributed by atoms with Crippen LogP contribution in [0.5, 0.6) is 0 Å². The lowest BCUT2D eigenvalue weighted by Crippen LogP contribution is -2.39. The zero-order valence-electron chi connectivity index (χ0n) is 82.3. The number of nitrogens with one attached hydrogen (secondary N) is 6. The molecule has 8 heterocycles. The molecule has 8 aromatic heterocycles. The van der Waals surface area contributed by atoms with E-state index in [-0.39, 0.29) is 29.5 Å². The summed E-state index contributed by atoms with van der Waals surface area (Å²) in [5.41, 5.74) is 20.6. The molecule has 0 saturated heterocycles. The molecular formula is C111H136N26O6. The van der Waals surface area contributed by atoms with E-state index in [0.29, 0.717) is 82.2 Å². The lowest BCUT2D eigenvalue weighted by molar-refractivity contribution is 0.0994. The van der Waals surface area contributed by atoms with Gasteiger partial charge in [0.05, 0.1) is 22.9 Å². The summed E-state index contributed by atoms with van der Waals surface area (Å²) in [5, 5.41) is 23.5. The number of pyridine rings is 2. The maximum absolute atomic E-state index is 13.0. The largest absolute Gasteiger partial charge is 0.366 e. The first-order chi connectivity index (χ1) is 70.1. The van der Waals surface area contributed by atoms with Crippen molar-refractivity contribution in [2.45, 2.75) is 268 Å². The lowest BCUT2D eigenvalue weighted by Gasteiger charge is -2.35. The quantitative estimate of drug-likeness (QED) is 0.0194. The highest BCUT2D eigenvalue weighted by Gasteiger charge is 2.37. The van der Waals surface area contributed by atoms with Gasteiger partial charge in [-0.2, -0.15) is 5.10 Å². The molecular weight excluding hydrogens is 1790 g/mol. The van der Waals surface area contributed by atoms with Crippen LogP contribution in [0.25, 0.3) is 21.8 Å². The Morgan fingerprint density at radius 2 is 0.657 bits per heavy atom. The number of aromatic nitrogens is 14. The molecule has 10 aliphatic carbocycles. The van der Waals surface area contributed by atoms with E-state index in [9.17, 15) is 28.8 Å². The number of rotatable bonds is 32. The number of hydrogen-bond donors (Lipinski definition) is 8. The highest BCUT2D eigenvalue weighted by molar-refractivity contribution is 6.09. The minimum atomic E-state index is -0.498. The lowest BCUT2D eigenvalue weighted by atomic mass is 9.94. The summed E-state index contributed by atoms with van der Waals surface area (Å²) < 4.78 is 0. The van der Waals surface area contributed by atoms with Crippen molar-refractivity contribution >= 4 is 115 Å². The van der Waals surface area contributed by atoms with Crippen molar-refractivity contribution in [3.05, 3.63) is 235 Å². The molecule has 0 spiro atoms. The first kappa shape index (κ1) is 99.2. The van der Waals surface area contributed by atoms with Crippen LogP contribution in [-0.4, -0.2) is 168 Å². The van der Waals surface area contributed by atoms with Gasteiger partial charge in [-0.25, -0.2) is 49.8 Å². The molecule has 0 radical (unpaired) electrons. The van der Waals surface area contributed by atoms with Crippen LogP contribution in [0.1, 0.15) is 299 Å². The van der Waals surface area contributed by atoms with E-state index in [1.54, 1.807) is 67.3 Å². The van der Waals surface area contributed by atoms with Gasteiger partial charge in [0.1, 0.15) is 89.2 Å². The van der Waals surface area contributed by atoms with Gasteiger partial charge in [-0.3, -0.25) is 43.8 Å². The molecule has 22 rings (SSSR count). The number of benzene rings is 4. The summed E-state index contributed by atoms with van der Waals surface area (Å²) in [6, 6.07) is 42.9. The number of carbonyl (C=O) groups is 6. The van der Waals surface area contributed by atoms with Crippen LogP contribution >= 0.6 is 0 Å². The third-order valence-corrected chi connectivity index (χ3v) is 29.5. The average Bonchev–Trinajstić information content (AvgIpc) is 1.77. The Morgan fingerprint density at radius 3 is 0.993 bits per heavy atom. The Hall–Kier alpha value is -13.9. The van der Waals surface area contributed by atoms with Gasteiger partial charge in [-0.1, -0.05) is 127 Å². The van der Waals surface area contributed by atoms with Crippen LogP contribution in [-0.2, 0) is 6.54 Å². The van der Waals surface area contributed by atoms with Crippen LogP contribution in [0.4, 0.5) is 57.5 Å². The predicted molar refractivity (Wildman–Crippen MR) is 561 cm³/mol. The van der Waals surface area contributed by atoms with Crippen LogP contribution in [0.3, 0.4) is 0 Å². The van der Waals surface area contributed by atoms with Gasteiger partial charge < -0.3 is 62.6 Å².